The molecule has 0 unspecified atom stereocenters. The van der Waals surface area contributed by atoms with E-state index in [0.29, 0.717) is 48.9 Å². The summed E-state index contributed by atoms with van der Waals surface area (Å²) in [5.41, 5.74) is 2.11. The molecule has 1 aliphatic rings. The Morgan fingerprint density at radius 1 is 1.13 bits per heavy atom. The Balaban J connectivity index is 1.69. The predicted octanol–water partition coefficient (Wildman–Crippen LogP) is 3.34. The van der Waals surface area contributed by atoms with Crippen LogP contribution in [0.3, 0.4) is 0 Å². The first-order valence-corrected chi connectivity index (χ1v) is 11.8. The summed E-state index contributed by atoms with van der Waals surface area (Å²) >= 11 is 6.21. The average molecular weight is 451 g/mol. The van der Waals surface area contributed by atoms with Gasteiger partial charge in [-0.2, -0.15) is 4.31 Å². The maximum atomic E-state index is 13.0. The van der Waals surface area contributed by atoms with E-state index in [1.165, 1.54) is 7.11 Å². The summed E-state index contributed by atoms with van der Waals surface area (Å²) in [6, 6.07) is 14.1. The SMILES string of the molecule is COC(=O)CCc1ccc(Cl)cc1CN1CCN(S(=O)(=O)c2ccccc2)[C@@H](C)C1. The number of sulfonamides is 1. The summed E-state index contributed by atoms with van der Waals surface area (Å²) in [5, 5.41) is 0.644. The molecule has 0 aromatic heterocycles. The highest BCUT2D eigenvalue weighted by atomic mass is 35.5. The maximum Gasteiger partial charge on any atom is 0.305 e. The lowest BCUT2D eigenvalue weighted by atomic mass is 10.0. The van der Waals surface area contributed by atoms with Crippen LogP contribution in [0.5, 0.6) is 0 Å². The van der Waals surface area contributed by atoms with E-state index in [4.69, 9.17) is 16.3 Å². The Morgan fingerprint density at radius 2 is 1.87 bits per heavy atom. The van der Waals surface area contributed by atoms with Crippen LogP contribution < -0.4 is 0 Å². The summed E-state index contributed by atoms with van der Waals surface area (Å²) < 4.78 is 32.3. The third kappa shape index (κ3) is 5.40. The first-order chi connectivity index (χ1) is 14.3. The Morgan fingerprint density at radius 3 is 2.53 bits per heavy atom. The minimum absolute atomic E-state index is 0.151. The van der Waals surface area contributed by atoms with Crippen molar-refractivity contribution in [3.8, 4) is 0 Å². The third-order valence-corrected chi connectivity index (χ3v) is 7.65. The van der Waals surface area contributed by atoms with Crippen molar-refractivity contribution in [2.45, 2.75) is 37.2 Å². The maximum absolute atomic E-state index is 13.0. The molecule has 1 aliphatic heterocycles. The van der Waals surface area contributed by atoms with Gasteiger partial charge in [-0.05, 0) is 48.7 Å². The summed E-state index contributed by atoms with van der Waals surface area (Å²) in [5.74, 6) is -0.246. The molecule has 1 atom stereocenters. The van der Waals surface area contributed by atoms with Crippen LogP contribution in [0.2, 0.25) is 5.02 Å². The molecule has 2 aromatic carbocycles. The monoisotopic (exact) mass is 450 g/mol. The molecule has 6 nitrogen and oxygen atoms in total. The number of ether oxygens (including phenoxy) is 1. The average Bonchev–Trinajstić information content (AvgIpc) is 2.73. The van der Waals surface area contributed by atoms with Crippen LogP contribution in [-0.2, 0) is 32.5 Å². The number of halogens is 1. The van der Waals surface area contributed by atoms with E-state index >= 15 is 0 Å². The van der Waals surface area contributed by atoms with Crippen LogP contribution in [-0.4, -0.2) is 56.4 Å². The topological polar surface area (TPSA) is 66.9 Å². The Bertz CT molecular complexity index is 982. The number of benzene rings is 2. The van der Waals surface area contributed by atoms with Gasteiger partial charge in [-0.3, -0.25) is 9.69 Å². The Hall–Kier alpha value is -1.93. The second-order valence-electron chi connectivity index (χ2n) is 7.50. The number of piperazine rings is 1. The number of rotatable bonds is 7. The van der Waals surface area contributed by atoms with Crippen molar-refractivity contribution in [1.82, 2.24) is 9.21 Å². The Kier molecular flexibility index (Phi) is 7.52. The fourth-order valence-corrected chi connectivity index (χ4v) is 5.64. The normalized spacial score (nSPS) is 18.3. The van der Waals surface area contributed by atoms with Crippen LogP contribution in [0.1, 0.15) is 24.5 Å². The molecule has 0 amide bonds. The van der Waals surface area contributed by atoms with Crippen molar-refractivity contribution in [3.63, 3.8) is 0 Å². The number of nitrogens with zero attached hydrogens (tertiary/aromatic N) is 2. The molecule has 0 N–H and O–H groups in total. The predicted molar refractivity (Wildman–Crippen MR) is 117 cm³/mol. The van der Waals surface area contributed by atoms with Crippen molar-refractivity contribution in [2.24, 2.45) is 0 Å². The number of carbonyl (C=O) groups excluding carboxylic acids is 1. The minimum atomic E-state index is -3.51. The molecule has 1 saturated heterocycles. The molecular weight excluding hydrogens is 424 g/mol. The summed E-state index contributed by atoms with van der Waals surface area (Å²) in [4.78, 5) is 14.1. The van der Waals surface area contributed by atoms with Gasteiger partial charge >= 0.3 is 5.97 Å². The number of hydrogen-bond acceptors (Lipinski definition) is 5. The van der Waals surface area contributed by atoms with Gasteiger partial charge in [-0.1, -0.05) is 35.9 Å². The second-order valence-corrected chi connectivity index (χ2v) is 9.83. The zero-order chi connectivity index (χ0) is 21.7. The minimum Gasteiger partial charge on any atom is -0.469 e. The smallest absolute Gasteiger partial charge is 0.305 e. The lowest BCUT2D eigenvalue weighted by molar-refractivity contribution is -0.140. The number of esters is 1. The molecule has 162 valence electrons. The van der Waals surface area contributed by atoms with E-state index in [0.717, 1.165) is 11.1 Å². The van der Waals surface area contributed by atoms with E-state index in [-0.39, 0.29) is 12.0 Å². The van der Waals surface area contributed by atoms with Crippen molar-refractivity contribution < 1.29 is 17.9 Å². The fraction of sp³-hybridized carbons (Fsp3) is 0.409. The molecular formula is C22H27ClN2O4S. The van der Waals surface area contributed by atoms with Crippen LogP contribution in [0.4, 0.5) is 0 Å². The van der Waals surface area contributed by atoms with E-state index < -0.39 is 10.0 Å². The van der Waals surface area contributed by atoms with Crippen molar-refractivity contribution in [3.05, 3.63) is 64.7 Å². The van der Waals surface area contributed by atoms with E-state index in [1.807, 2.05) is 31.2 Å². The first-order valence-electron chi connectivity index (χ1n) is 9.94. The van der Waals surface area contributed by atoms with Crippen LogP contribution in [0, 0.1) is 0 Å². The lowest BCUT2D eigenvalue weighted by Crippen LogP contribution is -2.53. The van der Waals surface area contributed by atoms with E-state index in [1.54, 1.807) is 28.6 Å². The molecule has 0 saturated carbocycles. The van der Waals surface area contributed by atoms with Crippen LogP contribution in [0.15, 0.2) is 53.4 Å². The lowest BCUT2D eigenvalue weighted by Gasteiger charge is -2.39. The van der Waals surface area contributed by atoms with Crippen molar-refractivity contribution in [1.29, 1.82) is 0 Å². The van der Waals surface area contributed by atoms with Crippen molar-refractivity contribution >= 4 is 27.6 Å². The van der Waals surface area contributed by atoms with Gasteiger partial charge in [0.1, 0.15) is 0 Å². The molecule has 1 fully saturated rings. The highest BCUT2D eigenvalue weighted by Crippen LogP contribution is 2.24. The highest BCUT2D eigenvalue weighted by molar-refractivity contribution is 7.89. The number of hydrogen-bond donors (Lipinski definition) is 0. The van der Waals surface area contributed by atoms with Gasteiger partial charge in [0.25, 0.3) is 0 Å². The molecule has 8 heteroatoms. The van der Waals surface area contributed by atoms with E-state index in [2.05, 4.69) is 4.90 Å². The zero-order valence-corrected chi connectivity index (χ0v) is 18.8. The number of methoxy groups -OCH3 is 1. The van der Waals surface area contributed by atoms with Gasteiger partial charge in [0.05, 0.1) is 12.0 Å². The molecule has 0 radical (unpaired) electrons. The second kappa shape index (κ2) is 9.92. The number of aryl methyl sites for hydroxylation is 1. The van der Waals surface area contributed by atoms with Gasteiger partial charge in [0, 0.05) is 43.7 Å². The summed E-state index contributed by atoms with van der Waals surface area (Å²) in [6.45, 7) is 4.26. The molecule has 0 aliphatic carbocycles. The molecule has 1 heterocycles. The van der Waals surface area contributed by atoms with Crippen molar-refractivity contribution in [2.75, 3.05) is 26.7 Å². The number of carbonyl (C=O) groups is 1. The van der Waals surface area contributed by atoms with Gasteiger partial charge in [-0.15, -0.1) is 0 Å². The largest absolute Gasteiger partial charge is 0.469 e. The van der Waals surface area contributed by atoms with Gasteiger partial charge in [0.2, 0.25) is 10.0 Å². The summed E-state index contributed by atoms with van der Waals surface area (Å²) in [7, 11) is -2.12. The fourth-order valence-electron chi connectivity index (χ4n) is 3.81. The molecule has 3 rings (SSSR count). The van der Waals surface area contributed by atoms with Crippen LogP contribution in [0.25, 0.3) is 0 Å². The summed E-state index contributed by atoms with van der Waals surface area (Å²) in [6.07, 6.45) is 0.891. The van der Waals surface area contributed by atoms with E-state index in [9.17, 15) is 13.2 Å². The molecule has 2 aromatic rings. The van der Waals surface area contributed by atoms with Crippen LogP contribution >= 0.6 is 11.6 Å². The standard InChI is InChI=1S/C22H27ClN2O4S/c1-17-15-24(12-13-25(17)30(27,28)21-6-4-3-5-7-21)16-19-14-20(23)10-8-18(19)9-11-22(26)29-2/h3-8,10,14,17H,9,11-13,15-16H2,1-2H3/t17-/m0/s1. The third-order valence-electron chi connectivity index (χ3n) is 5.39. The van der Waals surface area contributed by atoms with Gasteiger partial charge in [0.15, 0.2) is 0 Å². The molecule has 30 heavy (non-hydrogen) atoms. The molecule has 0 bridgehead atoms. The van der Waals surface area contributed by atoms with Gasteiger partial charge in [-0.25, -0.2) is 8.42 Å². The van der Waals surface area contributed by atoms with Gasteiger partial charge < -0.3 is 4.74 Å². The molecule has 0 spiro atoms. The quantitative estimate of drug-likeness (QED) is 0.605. The first kappa shape index (κ1) is 22.7. The Labute approximate surface area is 183 Å². The zero-order valence-electron chi connectivity index (χ0n) is 17.3. The highest BCUT2D eigenvalue weighted by Gasteiger charge is 2.33.